The van der Waals surface area contributed by atoms with E-state index in [4.69, 9.17) is 4.74 Å². The zero-order valence-corrected chi connectivity index (χ0v) is 11.8. The lowest BCUT2D eigenvalue weighted by Gasteiger charge is -2.23. The second-order valence-electron chi connectivity index (χ2n) is 4.76. The molecule has 0 fully saturated rings. The summed E-state index contributed by atoms with van der Waals surface area (Å²) < 4.78 is 6.69. The van der Waals surface area contributed by atoms with Crippen molar-refractivity contribution in [3.05, 3.63) is 18.0 Å². The second-order valence-corrected chi connectivity index (χ2v) is 4.76. The average molecular weight is 253 g/mol. The first-order valence-electron chi connectivity index (χ1n) is 6.35. The van der Waals surface area contributed by atoms with Crippen LogP contribution in [0.2, 0.25) is 0 Å². The minimum Gasteiger partial charge on any atom is -0.468 e. The predicted molar refractivity (Wildman–Crippen MR) is 70.1 cm³/mol. The number of carbonyl (C=O) groups excluding carboxylic acids is 1. The third-order valence-electron chi connectivity index (χ3n) is 3.03. The molecule has 0 aliphatic rings. The number of aromatic nitrogens is 2. The maximum Gasteiger partial charge on any atom is 0.323 e. The molecule has 1 N–H and O–H groups in total. The van der Waals surface area contributed by atoms with Gasteiger partial charge in [-0.15, -0.1) is 0 Å². The highest BCUT2D eigenvalue weighted by molar-refractivity contribution is 5.76. The van der Waals surface area contributed by atoms with E-state index in [0.717, 1.165) is 12.1 Å². The lowest BCUT2D eigenvalue weighted by molar-refractivity contribution is -0.144. The molecule has 1 heterocycles. The Labute approximate surface area is 109 Å². The topological polar surface area (TPSA) is 56.2 Å². The lowest BCUT2D eigenvalue weighted by Crippen LogP contribution is -2.42. The van der Waals surface area contributed by atoms with Gasteiger partial charge >= 0.3 is 5.97 Å². The van der Waals surface area contributed by atoms with Crippen molar-refractivity contribution in [2.75, 3.05) is 7.11 Å². The third kappa shape index (κ3) is 3.57. The zero-order chi connectivity index (χ0) is 13.7. The summed E-state index contributed by atoms with van der Waals surface area (Å²) in [4.78, 5) is 11.7. The van der Waals surface area contributed by atoms with Gasteiger partial charge in [-0.2, -0.15) is 5.10 Å². The minimum absolute atomic E-state index is 0.0665. The summed E-state index contributed by atoms with van der Waals surface area (Å²) >= 11 is 0. The van der Waals surface area contributed by atoms with E-state index in [1.807, 2.05) is 44.8 Å². The van der Waals surface area contributed by atoms with Gasteiger partial charge in [0.05, 0.1) is 13.3 Å². The monoisotopic (exact) mass is 253 g/mol. The molecule has 0 amide bonds. The van der Waals surface area contributed by atoms with Crippen LogP contribution in [0.25, 0.3) is 0 Å². The molecule has 0 bridgehead atoms. The van der Waals surface area contributed by atoms with Gasteiger partial charge in [0.25, 0.3) is 0 Å². The summed E-state index contributed by atoms with van der Waals surface area (Å²) in [6.45, 7) is 8.90. The molecule has 0 aliphatic carbocycles. The van der Waals surface area contributed by atoms with Gasteiger partial charge in [0.15, 0.2) is 0 Å². The van der Waals surface area contributed by atoms with Crippen molar-refractivity contribution in [1.29, 1.82) is 0 Å². The number of methoxy groups -OCH3 is 1. The van der Waals surface area contributed by atoms with Crippen molar-refractivity contribution < 1.29 is 9.53 Å². The molecule has 18 heavy (non-hydrogen) atoms. The van der Waals surface area contributed by atoms with Crippen LogP contribution in [0.15, 0.2) is 12.4 Å². The first kappa shape index (κ1) is 14.7. The van der Waals surface area contributed by atoms with Gasteiger partial charge in [-0.25, -0.2) is 0 Å². The number of aryl methyl sites for hydroxylation is 1. The fourth-order valence-corrected chi connectivity index (χ4v) is 1.80. The second kappa shape index (κ2) is 6.54. The summed E-state index contributed by atoms with van der Waals surface area (Å²) in [5.41, 5.74) is 1.08. The van der Waals surface area contributed by atoms with Crippen LogP contribution in [0.5, 0.6) is 0 Å². The van der Waals surface area contributed by atoms with Crippen molar-refractivity contribution in [2.45, 2.75) is 46.3 Å². The Morgan fingerprint density at radius 3 is 2.61 bits per heavy atom. The number of nitrogens with zero attached hydrogens (tertiary/aromatic N) is 2. The van der Waals surface area contributed by atoms with Gasteiger partial charge in [0.2, 0.25) is 0 Å². The number of ether oxygens (including phenoxy) is 1. The Morgan fingerprint density at radius 1 is 1.50 bits per heavy atom. The van der Waals surface area contributed by atoms with E-state index < -0.39 is 0 Å². The molecule has 1 rings (SSSR count). The largest absolute Gasteiger partial charge is 0.468 e. The van der Waals surface area contributed by atoms with E-state index in [1.165, 1.54) is 7.11 Å². The van der Waals surface area contributed by atoms with E-state index in [0.29, 0.717) is 0 Å². The van der Waals surface area contributed by atoms with E-state index in [-0.39, 0.29) is 24.0 Å². The fraction of sp³-hybridized carbons (Fsp3) is 0.692. The van der Waals surface area contributed by atoms with Crippen LogP contribution in [0, 0.1) is 5.92 Å². The number of hydrogen-bond acceptors (Lipinski definition) is 4. The van der Waals surface area contributed by atoms with E-state index in [1.54, 1.807) is 0 Å². The zero-order valence-electron chi connectivity index (χ0n) is 11.8. The molecular weight excluding hydrogens is 230 g/mol. The number of nitrogens with one attached hydrogen (secondary N) is 1. The normalized spacial score (nSPS) is 14.6. The van der Waals surface area contributed by atoms with Gasteiger partial charge in [-0.05, 0) is 19.8 Å². The standard InChI is InChI=1S/C13H23N3O2/c1-6-16-8-11(7-14-16)10(4)15-12(9(2)3)13(17)18-5/h7-10,12,15H,6H2,1-5H3/t10?,12-/m0/s1. The van der Waals surface area contributed by atoms with Crippen molar-refractivity contribution in [3.8, 4) is 0 Å². The Bertz CT molecular complexity index is 387. The summed E-state index contributed by atoms with van der Waals surface area (Å²) in [6, 6.07) is -0.230. The molecule has 102 valence electrons. The molecule has 2 atom stereocenters. The first-order chi connectivity index (χ1) is 8.49. The number of hydrogen-bond donors (Lipinski definition) is 1. The van der Waals surface area contributed by atoms with Crippen molar-refractivity contribution >= 4 is 5.97 Å². The van der Waals surface area contributed by atoms with Crippen LogP contribution >= 0.6 is 0 Å². The Balaban J connectivity index is 2.71. The van der Waals surface area contributed by atoms with Crippen LogP contribution in [0.1, 0.15) is 39.3 Å². The summed E-state index contributed by atoms with van der Waals surface area (Å²) in [7, 11) is 1.42. The maximum absolute atomic E-state index is 11.7. The van der Waals surface area contributed by atoms with Crippen molar-refractivity contribution in [3.63, 3.8) is 0 Å². The van der Waals surface area contributed by atoms with Gasteiger partial charge in [-0.1, -0.05) is 13.8 Å². The quantitative estimate of drug-likeness (QED) is 0.785. The predicted octanol–water partition coefficient (Wildman–Crippen LogP) is 1.75. The van der Waals surface area contributed by atoms with E-state index in [9.17, 15) is 4.79 Å². The van der Waals surface area contributed by atoms with Gasteiger partial charge in [0, 0.05) is 24.3 Å². The Hall–Kier alpha value is -1.36. The smallest absolute Gasteiger partial charge is 0.323 e. The summed E-state index contributed by atoms with van der Waals surface area (Å²) in [6.07, 6.45) is 3.82. The highest BCUT2D eigenvalue weighted by Crippen LogP contribution is 2.15. The lowest BCUT2D eigenvalue weighted by atomic mass is 10.0. The molecule has 5 heteroatoms. The molecule has 0 radical (unpaired) electrons. The Morgan fingerprint density at radius 2 is 2.17 bits per heavy atom. The van der Waals surface area contributed by atoms with Gasteiger partial charge < -0.3 is 4.74 Å². The summed E-state index contributed by atoms with van der Waals surface area (Å²) in [5, 5.41) is 7.53. The number of rotatable bonds is 6. The molecule has 1 aromatic rings. The van der Waals surface area contributed by atoms with Crippen LogP contribution < -0.4 is 5.32 Å². The molecular formula is C13H23N3O2. The van der Waals surface area contributed by atoms with Crippen molar-refractivity contribution in [2.24, 2.45) is 5.92 Å². The summed E-state index contributed by atoms with van der Waals surface area (Å²) in [5.74, 6) is -0.0409. The van der Waals surface area contributed by atoms with Crippen LogP contribution in [-0.4, -0.2) is 28.9 Å². The minimum atomic E-state index is -0.296. The van der Waals surface area contributed by atoms with E-state index >= 15 is 0 Å². The van der Waals surface area contributed by atoms with Crippen LogP contribution in [-0.2, 0) is 16.1 Å². The highest BCUT2D eigenvalue weighted by atomic mass is 16.5. The fourth-order valence-electron chi connectivity index (χ4n) is 1.80. The Kier molecular flexibility index (Phi) is 5.34. The molecule has 5 nitrogen and oxygen atoms in total. The molecule has 0 aromatic carbocycles. The third-order valence-corrected chi connectivity index (χ3v) is 3.03. The number of esters is 1. The molecule has 1 aromatic heterocycles. The van der Waals surface area contributed by atoms with Gasteiger partial charge in [0.1, 0.15) is 6.04 Å². The molecule has 0 aliphatic heterocycles. The van der Waals surface area contributed by atoms with Crippen LogP contribution in [0.3, 0.4) is 0 Å². The highest BCUT2D eigenvalue weighted by Gasteiger charge is 2.25. The average Bonchev–Trinajstić information content (AvgIpc) is 2.83. The van der Waals surface area contributed by atoms with Crippen LogP contribution in [0.4, 0.5) is 0 Å². The maximum atomic E-state index is 11.7. The first-order valence-corrected chi connectivity index (χ1v) is 6.35. The number of carbonyl (C=O) groups is 1. The SMILES string of the molecule is CCn1cc(C(C)N[C@H](C(=O)OC)C(C)C)cn1. The molecule has 0 spiro atoms. The van der Waals surface area contributed by atoms with Crippen molar-refractivity contribution in [1.82, 2.24) is 15.1 Å². The van der Waals surface area contributed by atoms with Gasteiger partial charge in [-0.3, -0.25) is 14.8 Å². The molecule has 0 saturated heterocycles. The molecule has 1 unspecified atom stereocenters. The van der Waals surface area contributed by atoms with E-state index in [2.05, 4.69) is 10.4 Å². The molecule has 0 saturated carbocycles.